The number of nitrogens with one attached hydrogen (secondary N) is 3. The first-order chi connectivity index (χ1) is 10.7. The molecule has 0 heterocycles. The van der Waals surface area contributed by atoms with E-state index in [9.17, 15) is 18.0 Å². The van der Waals surface area contributed by atoms with Crippen LogP contribution >= 0.6 is 0 Å². The topological polar surface area (TPSA) is 114 Å². The molecule has 0 aliphatic carbocycles. The molecule has 0 bridgehead atoms. The summed E-state index contributed by atoms with van der Waals surface area (Å²) in [5.41, 5.74) is 0. The molecule has 0 saturated carbocycles. The number of ether oxygens (including phenoxy) is 1. The van der Waals surface area contributed by atoms with E-state index in [-0.39, 0.29) is 30.0 Å². The van der Waals surface area contributed by atoms with Crippen LogP contribution in [0.4, 0.5) is 0 Å². The van der Waals surface area contributed by atoms with Gasteiger partial charge in [0.2, 0.25) is 15.9 Å². The minimum absolute atomic E-state index is 0.00198. The number of hydrogen-bond donors (Lipinski definition) is 3. The Morgan fingerprint density at radius 1 is 1.13 bits per heavy atom. The smallest absolute Gasteiger partial charge is 0.257 e. The third kappa shape index (κ3) is 6.66. The first-order valence-electron chi connectivity index (χ1n) is 6.97. The van der Waals surface area contributed by atoms with E-state index in [1.165, 1.54) is 31.3 Å². The van der Waals surface area contributed by atoms with Gasteiger partial charge in [-0.25, -0.2) is 13.1 Å². The van der Waals surface area contributed by atoms with Crippen LogP contribution in [-0.4, -0.2) is 46.5 Å². The van der Waals surface area contributed by atoms with Crippen molar-refractivity contribution >= 4 is 21.8 Å². The number of likely N-dealkylation sites (N-methyl/N-ethyl adjacent to an activating group) is 1. The van der Waals surface area contributed by atoms with Crippen LogP contribution in [0.25, 0.3) is 0 Å². The molecule has 0 aromatic heterocycles. The summed E-state index contributed by atoms with van der Waals surface area (Å²) in [7, 11) is -2.30. The molecule has 8 nitrogen and oxygen atoms in total. The van der Waals surface area contributed by atoms with Gasteiger partial charge in [-0.15, -0.1) is 0 Å². The molecule has 0 spiro atoms. The molecule has 9 heteroatoms. The fraction of sp³-hybridized carbons (Fsp3) is 0.429. The molecule has 2 amide bonds. The molecule has 0 atom stereocenters. The summed E-state index contributed by atoms with van der Waals surface area (Å²) in [6.07, 6.45) is 0. The van der Waals surface area contributed by atoms with Crippen molar-refractivity contribution < 1.29 is 22.7 Å². The van der Waals surface area contributed by atoms with Crippen molar-refractivity contribution in [3.8, 4) is 5.75 Å². The minimum atomic E-state index is -3.79. The molecular formula is C14H21N3O5S. The lowest BCUT2D eigenvalue weighted by Gasteiger charge is -2.10. The van der Waals surface area contributed by atoms with Crippen LogP contribution in [-0.2, 0) is 19.6 Å². The molecule has 1 rings (SSSR count). The van der Waals surface area contributed by atoms with Gasteiger partial charge in [-0.2, -0.15) is 0 Å². The van der Waals surface area contributed by atoms with Gasteiger partial charge in [0.25, 0.3) is 5.91 Å². The van der Waals surface area contributed by atoms with Gasteiger partial charge in [-0.05, 0) is 38.1 Å². The second-order valence-corrected chi connectivity index (χ2v) is 6.75. The lowest BCUT2D eigenvalue weighted by Crippen LogP contribution is -2.39. The van der Waals surface area contributed by atoms with E-state index in [0.29, 0.717) is 5.75 Å². The Kier molecular flexibility index (Phi) is 6.98. The van der Waals surface area contributed by atoms with Crippen molar-refractivity contribution in [3.05, 3.63) is 24.3 Å². The number of hydrogen-bond acceptors (Lipinski definition) is 5. The summed E-state index contributed by atoms with van der Waals surface area (Å²) < 4.78 is 31.5. The summed E-state index contributed by atoms with van der Waals surface area (Å²) in [5, 5.41) is 4.99. The van der Waals surface area contributed by atoms with Crippen molar-refractivity contribution in [3.63, 3.8) is 0 Å². The van der Waals surface area contributed by atoms with Crippen molar-refractivity contribution in [1.82, 2.24) is 15.4 Å². The van der Waals surface area contributed by atoms with Gasteiger partial charge in [0.1, 0.15) is 5.75 Å². The predicted octanol–water partition coefficient (Wildman–Crippen LogP) is -0.386. The zero-order chi connectivity index (χ0) is 17.5. The van der Waals surface area contributed by atoms with Crippen molar-refractivity contribution in [1.29, 1.82) is 0 Å². The zero-order valence-electron chi connectivity index (χ0n) is 13.3. The average molecular weight is 343 g/mol. The van der Waals surface area contributed by atoms with Crippen molar-refractivity contribution in [2.24, 2.45) is 0 Å². The maximum Gasteiger partial charge on any atom is 0.257 e. The highest BCUT2D eigenvalue weighted by Gasteiger charge is 2.16. The van der Waals surface area contributed by atoms with Crippen LogP contribution in [0.5, 0.6) is 5.75 Å². The first kappa shape index (κ1) is 18.9. The Hall–Kier alpha value is -2.13. The third-order valence-electron chi connectivity index (χ3n) is 2.66. The molecule has 3 N–H and O–H groups in total. The number of carbonyl (C=O) groups excluding carboxylic acids is 2. The lowest BCUT2D eigenvalue weighted by atomic mass is 10.3. The van der Waals surface area contributed by atoms with Crippen LogP contribution in [0, 0.1) is 0 Å². The molecule has 1 aromatic carbocycles. The standard InChI is InChI=1S/C14H21N3O5S/c1-10(2)17-13(18)8-16-23(20,21)12-6-4-11(5-7-12)22-9-14(19)15-3/h4-7,10,16H,8-9H2,1-3H3,(H,15,19)(H,17,18). The van der Waals surface area contributed by atoms with Gasteiger partial charge < -0.3 is 15.4 Å². The number of benzene rings is 1. The van der Waals surface area contributed by atoms with E-state index < -0.39 is 15.9 Å². The van der Waals surface area contributed by atoms with E-state index in [1.54, 1.807) is 13.8 Å². The van der Waals surface area contributed by atoms with Gasteiger partial charge in [0.05, 0.1) is 11.4 Å². The summed E-state index contributed by atoms with van der Waals surface area (Å²) in [5.74, 6) is -0.335. The number of rotatable bonds is 8. The summed E-state index contributed by atoms with van der Waals surface area (Å²) in [4.78, 5) is 22.5. The summed E-state index contributed by atoms with van der Waals surface area (Å²) in [6.45, 7) is 3.07. The molecule has 0 fully saturated rings. The second-order valence-electron chi connectivity index (χ2n) is 4.98. The van der Waals surface area contributed by atoms with Gasteiger partial charge in [0.15, 0.2) is 6.61 Å². The van der Waals surface area contributed by atoms with Gasteiger partial charge in [0, 0.05) is 13.1 Å². The molecule has 128 valence electrons. The maximum absolute atomic E-state index is 12.1. The molecule has 1 aromatic rings. The Balaban J connectivity index is 2.63. The van der Waals surface area contributed by atoms with Gasteiger partial charge >= 0.3 is 0 Å². The molecule has 0 radical (unpaired) electrons. The number of amides is 2. The first-order valence-corrected chi connectivity index (χ1v) is 8.45. The maximum atomic E-state index is 12.1. The van der Waals surface area contributed by atoms with Crippen LogP contribution in [0.3, 0.4) is 0 Å². The van der Waals surface area contributed by atoms with Crippen molar-refractivity contribution in [2.45, 2.75) is 24.8 Å². The number of sulfonamides is 1. The van der Waals surface area contributed by atoms with E-state index in [4.69, 9.17) is 4.74 Å². The highest BCUT2D eigenvalue weighted by molar-refractivity contribution is 7.89. The Morgan fingerprint density at radius 2 is 1.74 bits per heavy atom. The van der Waals surface area contributed by atoms with Crippen molar-refractivity contribution in [2.75, 3.05) is 20.2 Å². The molecule has 0 aliphatic heterocycles. The second kappa shape index (κ2) is 8.49. The Labute approximate surface area is 135 Å². The lowest BCUT2D eigenvalue weighted by molar-refractivity contribution is -0.122. The van der Waals surface area contributed by atoms with Crippen LogP contribution in [0.15, 0.2) is 29.2 Å². The van der Waals surface area contributed by atoms with Gasteiger partial charge in [-0.1, -0.05) is 0 Å². The Morgan fingerprint density at radius 3 is 2.26 bits per heavy atom. The molecule has 0 saturated heterocycles. The van der Waals surface area contributed by atoms with E-state index in [0.717, 1.165) is 0 Å². The molecule has 23 heavy (non-hydrogen) atoms. The summed E-state index contributed by atoms with van der Waals surface area (Å²) in [6, 6.07) is 5.48. The quantitative estimate of drug-likeness (QED) is 0.595. The number of carbonyl (C=O) groups is 2. The van der Waals surface area contributed by atoms with Gasteiger partial charge in [-0.3, -0.25) is 9.59 Å². The SMILES string of the molecule is CNC(=O)COc1ccc(S(=O)(=O)NCC(=O)NC(C)C)cc1. The zero-order valence-corrected chi connectivity index (χ0v) is 14.1. The molecule has 0 aliphatic rings. The van der Waals surface area contributed by atoms with Crippen LogP contribution in [0.1, 0.15) is 13.8 Å². The fourth-order valence-electron chi connectivity index (χ4n) is 1.55. The average Bonchev–Trinajstić information content (AvgIpc) is 2.50. The minimum Gasteiger partial charge on any atom is -0.484 e. The van der Waals surface area contributed by atoms with E-state index in [2.05, 4.69) is 15.4 Å². The van der Waals surface area contributed by atoms with E-state index in [1.807, 2.05) is 0 Å². The third-order valence-corrected chi connectivity index (χ3v) is 4.07. The Bertz CT molecular complexity index is 641. The molecule has 0 unspecified atom stereocenters. The highest BCUT2D eigenvalue weighted by Crippen LogP contribution is 2.15. The largest absolute Gasteiger partial charge is 0.484 e. The normalized spacial score (nSPS) is 11.1. The van der Waals surface area contributed by atoms with Crippen LogP contribution < -0.4 is 20.1 Å². The molecular weight excluding hydrogens is 322 g/mol. The monoisotopic (exact) mass is 343 g/mol. The fourth-order valence-corrected chi connectivity index (χ4v) is 2.54. The predicted molar refractivity (Wildman–Crippen MR) is 84.5 cm³/mol. The van der Waals surface area contributed by atoms with E-state index >= 15 is 0 Å². The van der Waals surface area contributed by atoms with Crippen LogP contribution in [0.2, 0.25) is 0 Å². The summed E-state index contributed by atoms with van der Waals surface area (Å²) >= 11 is 0. The highest BCUT2D eigenvalue weighted by atomic mass is 32.2.